The lowest BCUT2D eigenvalue weighted by Crippen LogP contribution is -2.48. The average Bonchev–Trinajstić information content (AvgIpc) is 3.19. The van der Waals surface area contributed by atoms with E-state index in [9.17, 15) is 14.4 Å². The Morgan fingerprint density at radius 3 is 2.34 bits per heavy atom. The van der Waals surface area contributed by atoms with Gasteiger partial charge in [0.1, 0.15) is 11.9 Å². The van der Waals surface area contributed by atoms with Crippen LogP contribution in [0, 0.1) is 17.1 Å². The maximum atomic E-state index is 13.1. The first-order valence-corrected chi connectivity index (χ1v) is 9.39. The molecule has 2 heterocycles. The Morgan fingerprint density at radius 2 is 1.72 bits per heavy atom. The highest BCUT2D eigenvalue weighted by molar-refractivity contribution is 6.30. The number of carbonyl (C=O) groups excluding carboxylic acids is 1. The SMILES string of the molecule is N#Cc1nc(-c2ccc(Cl)cc2)oc1N1CCN(C(=O)c2ccc(F)cc2)CC1. The molecule has 0 bridgehead atoms. The van der Waals surface area contributed by atoms with Gasteiger partial charge in [-0.1, -0.05) is 11.6 Å². The molecular formula is C21H16ClFN4O2. The Labute approximate surface area is 171 Å². The molecule has 0 N–H and O–H groups in total. The Kier molecular flexibility index (Phi) is 5.19. The van der Waals surface area contributed by atoms with Crippen LogP contribution in [0.2, 0.25) is 5.02 Å². The summed E-state index contributed by atoms with van der Waals surface area (Å²) in [5.74, 6) is 0.214. The normalized spacial score (nSPS) is 14.0. The summed E-state index contributed by atoms with van der Waals surface area (Å²) in [6, 6.07) is 14.6. The second-order valence-electron chi connectivity index (χ2n) is 6.58. The molecule has 1 fully saturated rings. The van der Waals surface area contributed by atoms with Gasteiger partial charge in [-0.3, -0.25) is 4.79 Å². The van der Waals surface area contributed by atoms with Gasteiger partial charge in [0.05, 0.1) is 0 Å². The molecule has 0 saturated carbocycles. The lowest BCUT2D eigenvalue weighted by atomic mass is 10.2. The Balaban J connectivity index is 1.48. The summed E-state index contributed by atoms with van der Waals surface area (Å²) in [5, 5.41) is 10.0. The molecule has 0 atom stereocenters. The summed E-state index contributed by atoms with van der Waals surface area (Å²) < 4.78 is 18.9. The first-order valence-electron chi connectivity index (χ1n) is 9.02. The van der Waals surface area contributed by atoms with Gasteiger partial charge in [-0.25, -0.2) is 4.39 Å². The molecule has 0 spiro atoms. The van der Waals surface area contributed by atoms with Crippen molar-refractivity contribution in [3.8, 4) is 17.5 Å². The third-order valence-corrected chi connectivity index (χ3v) is 5.00. The average molecular weight is 411 g/mol. The number of carbonyl (C=O) groups is 1. The fraction of sp³-hybridized carbons (Fsp3) is 0.190. The molecule has 0 aliphatic carbocycles. The highest BCUT2D eigenvalue weighted by Crippen LogP contribution is 2.29. The molecule has 0 radical (unpaired) electrons. The van der Waals surface area contributed by atoms with E-state index in [-0.39, 0.29) is 17.4 Å². The number of hydrogen-bond donors (Lipinski definition) is 0. The van der Waals surface area contributed by atoms with E-state index in [0.29, 0.717) is 48.5 Å². The molecule has 1 saturated heterocycles. The van der Waals surface area contributed by atoms with Crippen LogP contribution in [-0.2, 0) is 0 Å². The fourth-order valence-electron chi connectivity index (χ4n) is 3.20. The molecular weight excluding hydrogens is 395 g/mol. The van der Waals surface area contributed by atoms with Crippen LogP contribution in [0.3, 0.4) is 0 Å². The van der Waals surface area contributed by atoms with Crippen LogP contribution in [0.15, 0.2) is 52.9 Å². The third-order valence-electron chi connectivity index (χ3n) is 4.75. The minimum atomic E-state index is -0.378. The van der Waals surface area contributed by atoms with E-state index < -0.39 is 0 Å². The van der Waals surface area contributed by atoms with Crippen LogP contribution >= 0.6 is 11.6 Å². The zero-order valence-corrected chi connectivity index (χ0v) is 16.1. The molecule has 0 unspecified atom stereocenters. The van der Waals surface area contributed by atoms with Crippen molar-refractivity contribution in [3.05, 3.63) is 70.6 Å². The summed E-state index contributed by atoms with van der Waals surface area (Å²) in [6.45, 7) is 1.91. The standard InChI is InChI=1S/C21H16ClFN4O2/c22-16-5-1-14(2-6-16)19-25-18(13-24)21(29-19)27-11-9-26(10-12-27)20(28)15-3-7-17(23)8-4-15/h1-8H,9-12H2. The maximum absolute atomic E-state index is 13.1. The van der Waals surface area contributed by atoms with Crippen LogP contribution in [0.1, 0.15) is 16.1 Å². The number of benzene rings is 2. The number of nitrogens with zero attached hydrogens (tertiary/aromatic N) is 4. The minimum absolute atomic E-state index is 0.149. The van der Waals surface area contributed by atoms with Gasteiger partial charge in [0.2, 0.25) is 17.5 Å². The summed E-state index contributed by atoms with van der Waals surface area (Å²) in [6.07, 6.45) is 0. The van der Waals surface area contributed by atoms with Gasteiger partial charge in [-0.05, 0) is 48.5 Å². The topological polar surface area (TPSA) is 73.4 Å². The lowest BCUT2D eigenvalue weighted by molar-refractivity contribution is 0.0745. The molecule has 146 valence electrons. The van der Waals surface area contributed by atoms with E-state index in [1.807, 2.05) is 4.90 Å². The maximum Gasteiger partial charge on any atom is 0.253 e. The van der Waals surface area contributed by atoms with Crippen molar-refractivity contribution < 1.29 is 13.6 Å². The molecule has 1 aromatic heterocycles. The number of aromatic nitrogens is 1. The van der Waals surface area contributed by atoms with Crippen LogP contribution in [0.5, 0.6) is 0 Å². The van der Waals surface area contributed by atoms with Crippen LogP contribution in [0.25, 0.3) is 11.5 Å². The van der Waals surface area contributed by atoms with Gasteiger partial charge in [0.25, 0.3) is 5.91 Å². The van der Waals surface area contributed by atoms with Crippen LogP contribution in [0.4, 0.5) is 10.3 Å². The number of rotatable bonds is 3. The largest absolute Gasteiger partial charge is 0.419 e. The Morgan fingerprint density at radius 1 is 1.07 bits per heavy atom. The molecule has 4 rings (SSSR count). The van der Waals surface area contributed by atoms with Crippen molar-refractivity contribution in [3.63, 3.8) is 0 Å². The second-order valence-corrected chi connectivity index (χ2v) is 7.01. The molecule has 6 nitrogen and oxygen atoms in total. The summed E-state index contributed by atoms with van der Waals surface area (Å²) in [7, 11) is 0. The quantitative estimate of drug-likeness (QED) is 0.653. The number of oxazole rings is 1. The third kappa shape index (κ3) is 3.93. The molecule has 1 amide bonds. The number of anilines is 1. The number of halogens is 2. The van der Waals surface area contributed by atoms with Crippen molar-refractivity contribution >= 4 is 23.4 Å². The number of piperazine rings is 1. The number of amides is 1. The van der Waals surface area contributed by atoms with Gasteiger partial charge < -0.3 is 14.2 Å². The Bertz CT molecular complexity index is 1070. The summed E-state index contributed by atoms with van der Waals surface area (Å²) in [5.41, 5.74) is 1.37. The highest BCUT2D eigenvalue weighted by atomic mass is 35.5. The van der Waals surface area contributed by atoms with E-state index >= 15 is 0 Å². The van der Waals surface area contributed by atoms with Crippen LogP contribution < -0.4 is 4.90 Å². The molecule has 2 aromatic carbocycles. The summed E-state index contributed by atoms with van der Waals surface area (Å²) in [4.78, 5) is 20.5. The molecule has 29 heavy (non-hydrogen) atoms. The van der Waals surface area contributed by atoms with Crippen LogP contribution in [-0.4, -0.2) is 42.0 Å². The van der Waals surface area contributed by atoms with Crippen molar-refractivity contribution in [2.45, 2.75) is 0 Å². The smallest absolute Gasteiger partial charge is 0.253 e. The molecule has 1 aliphatic heterocycles. The van der Waals surface area contributed by atoms with Crippen molar-refractivity contribution in [1.82, 2.24) is 9.88 Å². The Hall–Kier alpha value is -3.37. The zero-order chi connectivity index (χ0) is 20.4. The van der Waals surface area contributed by atoms with E-state index in [4.69, 9.17) is 16.0 Å². The number of nitriles is 1. The van der Waals surface area contributed by atoms with E-state index in [1.165, 1.54) is 24.3 Å². The van der Waals surface area contributed by atoms with Crippen molar-refractivity contribution in [1.29, 1.82) is 5.26 Å². The first-order chi connectivity index (χ1) is 14.0. The van der Waals surface area contributed by atoms with E-state index in [2.05, 4.69) is 11.1 Å². The van der Waals surface area contributed by atoms with Gasteiger partial charge in [-0.2, -0.15) is 10.2 Å². The lowest BCUT2D eigenvalue weighted by Gasteiger charge is -2.34. The zero-order valence-electron chi connectivity index (χ0n) is 15.3. The molecule has 1 aliphatic rings. The first kappa shape index (κ1) is 19.0. The predicted molar refractivity (Wildman–Crippen MR) is 106 cm³/mol. The minimum Gasteiger partial charge on any atom is -0.419 e. The fourth-order valence-corrected chi connectivity index (χ4v) is 3.33. The molecule has 3 aromatic rings. The van der Waals surface area contributed by atoms with E-state index in [1.54, 1.807) is 29.2 Å². The monoisotopic (exact) mass is 410 g/mol. The van der Waals surface area contributed by atoms with Gasteiger partial charge in [-0.15, -0.1) is 0 Å². The van der Waals surface area contributed by atoms with Crippen molar-refractivity contribution in [2.75, 3.05) is 31.1 Å². The number of hydrogen-bond acceptors (Lipinski definition) is 5. The summed E-state index contributed by atoms with van der Waals surface area (Å²) >= 11 is 5.91. The molecule has 8 heteroatoms. The highest BCUT2D eigenvalue weighted by Gasteiger charge is 2.27. The van der Waals surface area contributed by atoms with Gasteiger partial charge in [0, 0.05) is 42.3 Å². The second kappa shape index (κ2) is 7.94. The van der Waals surface area contributed by atoms with Gasteiger partial charge >= 0.3 is 0 Å². The van der Waals surface area contributed by atoms with Gasteiger partial charge in [0.15, 0.2) is 0 Å². The van der Waals surface area contributed by atoms with Crippen molar-refractivity contribution in [2.24, 2.45) is 0 Å². The predicted octanol–water partition coefficient (Wildman–Crippen LogP) is 3.97. The van der Waals surface area contributed by atoms with E-state index in [0.717, 1.165) is 5.56 Å².